The van der Waals surface area contributed by atoms with E-state index in [0.717, 1.165) is 12.0 Å². The molecule has 1 unspecified atom stereocenters. The van der Waals surface area contributed by atoms with Gasteiger partial charge in [-0.25, -0.2) is 0 Å². The van der Waals surface area contributed by atoms with Gasteiger partial charge in [-0.15, -0.1) is 0 Å². The Labute approximate surface area is 136 Å². The predicted molar refractivity (Wildman–Crippen MR) is 90.7 cm³/mol. The summed E-state index contributed by atoms with van der Waals surface area (Å²) in [4.78, 5) is 12.2. The summed E-state index contributed by atoms with van der Waals surface area (Å²) in [6.45, 7) is 5.74. The number of ether oxygens (including phenoxy) is 1. The molecular weight excluding hydrogens is 298 g/mol. The van der Waals surface area contributed by atoms with Gasteiger partial charge in [0.1, 0.15) is 5.75 Å². The zero-order valence-corrected chi connectivity index (χ0v) is 13.8. The van der Waals surface area contributed by atoms with Crippen LogP contribution in [0.1, 0.15) is 25.0 Å². The maximum atomic E-state index is 12.2. The number of hydrogen-bond acceptors (Lipinski definition) is 2. The molecule has 0 saturated heterocycles. The van der Waals surface area contributed by atoms with E-state index in [0.29, 0.717) is 16.5 Å². The van der Waals surface area contributed by atoms with Crippen molar-refractivity contribution in [3.63, 3.8) is 0 Å². The molecule has 0 heterocycles. The largest absolute Gasteiger partial charge is 0.481 e. The Kier molecular flexibility index (Phi) is 5.45. The molecule has 2 rings (SSSR count). The normalized spacial score (nSPS) is 11.8. The number of rotatable bonds is 5. The number of halogens is 1. The van der Waals surface area contributed by atoms with Crippen LogP contribution >= 0.6 is 11.6 Å². The van der Waals surface area contributed by atoms with Gasteiger partial charge in [-0.3, -0.25) is 4.79 Å². The first kappa shape index (κ1) is 16.4. The number of benzene rings is 2. The summed E-state index contributed by atoms with van der Waals surface area (Å²) in [5, 5.41) is 3.43. The fourth-order valence-corrected chi connectivity index (χ4v) is 2.20. The zero-order valence-electron chi connectivity index (χ0n) is 13.0. The molecule has 0 aliphatic heterocycles. The lowest BCUT2D eigenvalue weighted by atomic mass is 10.2. The van der Waals surface area contributed by atoms with E-state index in [-0.39, 0.29) is 5.91 Å². The Morgan fingerprint density at radius 2 is 1.91 bits per heavy atom. The zero-order chi connectivity index (χ0) is 16.1. The molecule has 0 fully saturated rings. The lowest BCUT2D eigenvalue weighted by Gasteiger charge is -2.16. The molecule has 1 amide bonds. The molecule has 1 N–H and O–H groups in total. The number of hydrogen-bond donors (Lipinski definition) is 1. The summed E-state index contributed by atoms with van der Waals surface area (Å²) in [6, 6.07) is 13.2. The van der Waals surface area contributed by atoms with Crippen LogP contribution in [0.15, 0.2) is 42.5 Å². The van der Waals surface area contributed by atoms with Crippen LogP contribution in [-0.2, 0) is 11.2 Å². The highest BCUT2D eigenvalue weighted by atomic mass is 35.5. The molecule has 116 valence electrons. The van der Waals surface area contributed by atoms with E-state index < -0.39 is 6.10 Å². The van der Waals surface area contributed by atoms with Gasteiger partial charge in [0.15, 0.2) is 6.10 Å². The number of carbonyl (C=O) groups excluding carboxylic acids is 1. The first-order valence-electron chi connectivity index (χ1n) is 7.32. The van der Waals surface area contributed by atoms with E-state index >= 15 is 0 Å². The van der Waals surface area contributed by atoms with Crippen molar-refractivity contribution in [1.82, 2.24) is 0 Å². The van der Waals surface area contributed by atoms with Crippen LogP contribution in [-0.4, -0.2) is 12.0 Å². The lowest BCUT2D eigenvalue weighted by molar-refractivity contribution is -0.122. The van der Waals surface area contributed by atoms with Crippen molar-refractivity contribution in [2.45, 2.75) is 33.3 Å². The molecule has 4 heteroatoms. The SMILES string of the molecule is CCc1ccc(OC(C)C(=O)Nc2cc(Cl)ccc2C)cc1. The molecule has 0 bridgehead atoms. The molecule has 0 saturated carbocycles. The van der Waals surface area contributed by atoms with E-state index in [1.165, 1.54) is 5.56 Å². The van der Waals surface area contributed by atoms with Gasteiger partial charge in [0.2, 0.25) is 0 Å². The molecule has 22 heavy (non-hydrogen) atoms. The van der Waals surface area contributed by atoms with Gasteiger partial charge in [-0.2, -0.15) is 0 Å². The maximum Gasteiger partial charge on any atom is 0.265 e. The van der Waals surface area contributed by atoms with E-state index in [4.69, 9.17) is 16.3 Å². The van der Waals surface area contributed by atoms with E-state index in [9.17, 15) is 4.79 Å². The Bertz CT molecular complexity index is 653. The van der Waals surface area contributed by atoms with Crippen molar-refractivity contribution >= 4 is 23.2 Å². The Morgan fingerprint density at radius 3 is 2.55 bits per heavy atom. The van der Waals surface area contributed by atoms with Crippen LogP contribution in [0.25, 0.3) is 0 Å². The Balaban J connectivity index is 2.00. The first-order chi connectivity index (χ1) is 10.5. The highest BCUT2D eigenvalue weighted by molar-refractivity contribution is 6.31. The van der Waals surface area contributed by atoms with Crippen molar-refractivity contribution in [3.05, 3.63) is 58.6 Å². The number of anilines is 1. The topological polar surface area (TPSA) is 38.3 Å². The minimum absolute atomic E-state index is 0.204. The number of aryl methyl sites for hydroxylation is 2. The monoisotopic (exact) mass is 317 g/mol. The highest BCUT2D eigenvalue weighted by Crippen LogP contribution is 2.21. The van der Waals surface area contributed by atoms with Gasteiger partial charge in [0.05, 0.1) is 0 Å². The van der Waals surface area contributed by atoms with Crippen molar-refractivity contribution < 1.29 is 9.53 Å². The minimum atomic E-state index is -0.592. The van der Waals surface area contributed by atoms with Crippen molar-refractivity contribution in [1.29, 1.82) is 0 Å². The van der Waals surface area contributed by atoms with Crippen molar-refractivity contribution in [2.75, 3.05) is 5.32 Å². The maximum absolute atomic E-state index is 12.2. The third-order valence-corrected chi connectivity index (χ3v) is 3.71. The van der Waals surface area contributed by atoms with Gasteiger partial charge < -0.3 is 10.1 Å². The van der Waals surface area contributed by atoms with Gasteiger partial charge in [-0.1, -0.05) is 36.7 Å². The summed E-state index contributed by atoms with van der Waals surface area (Å²) in [5.74, 6) is 0.479. The van der Waals surface area contributed by atoms with Crippen LogP contribution in [0.5, 0.6) is 5.75 Å². The van der Waals surface area contributed by atoms with Gasteiger partial charge in [0, 0.05) is 10.7 Å². The molecule has 2 aromatic rings. The van der Waals surface area contributed by atoms with E-state index in [1.807, 2.05) is 37.3 Å². The quantitative estimate of drug-likeness (QED) is 0.874. The fourth-order valence-electron chi connectivity index (χ4n) is 2.02. The third kappa shape index (κ3) is 4.25. The average Bonchev–Trinajstić information content (AvgIpc) is 2.51. The fraction of sp³-hybridized carbons (Fsp3) is 0.278. The molecule has 2 aromatic carbocycles. The van der Waals surface area contributed by atoms with Crippen molar-refractivity contribution in [2.24, 2.45) is 0 Å². The van der Waals surface area contributed by atoms with Crippen LogP contribution < -0.4 is 10.1 Å². The van der Waals surface area contributed by atoms with Gasteiger partial charge >= 0.3 is 0 Å². The predicted octanol–water partition coefficient (Wildman–Crippen LogP) is 4.62. The van der Waals surface area contributed by atoms with Crippen LogP contribution in [0.3, 0.4) is 0 Å². The molecule has 1 atom stereocenters. The average molecular weight is 318 g/mol. The second-order valence-electron chi connectivity index (χ2n) is 5.21. The molecule has 0 radical (unpaired) electrons. The summed E-state index contributed by atoms with van der Waals surface area (Å²) < 4.78 is 5.67. The summed E-state index contributed by atoms with van der Waals surface area (Å²) in [5.41, 5.74) is 2.89. The Morgan fingerprint density at radius 1 is 1.23 bits per heavy atom. The number of nitrogens with one attached hydrogen (secondary N) is 1. The Hall–Kier alpha value is -2.00. The minimum Gasteiger partial charge on any atom is -0.481 e. The van der Waals surface area contributed by atoms with E-state index in [1.54, 1.807) is 19.1 Å². The second kappa shape index (κ2) is 7.32. The molecular formula is C18H20ClNO2. The van der Waals surface area contributed by atoms with Gasteiger partial charge in [-0.05, 0) is 55.7 Å². The van der Waals surface area contributed by atoms with Gasteiger partial charge in [0.25, 0.3) is 5.91 Å². The van der Waals surface area contributed by atoms with Crippen LogP contribution in [0.4, 0.5) is 5.69 Å². The second-order valence-corrected chi connectivity index (χ2v) is 5.64. The van der Waals surface area contributed by atoms with E-state index in [2.05, 4.69) is 12.2 Å². The first-order valence-corrected chi connectivity index (χ1v) is 7.70. The van der Waals surface area contributed by atoms with Crippen LogP contribution in [0.2, 0.25) is 5.02 Å². The summed E-state index contributed by atoms with van der Waals surface area (Å²) in [7, 11) is 0. The number of carbonyl (C=O) groups is 1. The molecule has 0 aromatic heterocycles. The molecule has 0 aliphatic carbocycles. The molecule has 0 aliphatic rings. The molecule has 0 spiro atoms. The third-order valence-electron chi connectivity index (χ3n) is 3.47. The van der Waals surface area contributed by atoms with Crippen molar-refractivity contribution in [3.8, 4) is 5.75 Å². The summed E-state index contributed by atoms with van der Waals surface area (Å²) in [6.07, 6.45) is 0.385. The number of amides is 1. The van der Waals surface area contributed by atoms with Crippen LogP contribution in [0, 0.1) is 6.92 Å². The standard InChI is InChI=1S/C18H20ClNO2/c1-4-14-6-9-16(10-7-14)22-13(3)18(21)20-17-11-15(19)8-5-12(17)2/h5-11,13H,4H2,1-3H3,(H,20,21). The highest BCUT2D eigenvalue weighted by Gasteiger charge is 2.15. The lowest BCUT2D eigenvalue weighted by Crippen LogP contribution is -2.30. The summed E-state index contributed by atoms with van der Waals surface area (Å²) >= 11 is 5.96. The molecule has 3 nitrogen and oxygen atoms in total. The smallest absolute Gasteiger partial charge is 0.265 e.